The Bertz CT molecular complexity index is 873. The van der Waals surface area contributed by atoms with Crippen LogP contribution in [0.2, 0.25) is 0 Å². The van der Waals surface area contributed by atoms with Crippen LogP contribution in [0.15, 0.2) is 46.5 Å². The van der Waals surface area contributed by atoms with Crippen molar-refractivity contribution >= 4 is 17.7 Å². The van der Waals surface area contributed by atoms with Crippen LogP contribution >= 0.6 is 11.8 Å². The Hall–Kier alpha value is -2.08. The molecule has 0 spiro atoms. The molecule has 1 aromatic carbocycles. The van der Waals surface area contributed by atoms with Gasteiger partial charge in [-0.25, -0.2) is 4.98 Å². The number of benzene rings is 1. The third-order valence-corrected chi connectivity index (χ3v) is 6.79. The first-order valence-corrected chi connectivity index (χ1v) is 10.6. The minimum atomic E-state index is -0.130. The SMILES string of the molecule is Cc1cnc2n(c1=O)CC(C(=O)N1CCC(Cc3ccccc3)CC1)CS2. The van der Waals surface area contributed by atoms with Crippen molar-refractivity contribution in [3.05, 3.63) is 58.0 Å². The highest BCUT2D eigenvalue weighted by atomic mass is 32.2. The Morgan fingerprint density at radius 3 is 2.70 bits per heavy atom. The van der Waals surface area contributed by atoms with E-state index in [-0.39, 0.29) is 17.4 Å². The summed E-state index contributed by atoms with van der Waals surface area (Å²) in [4.78, 5) is 31.7. The molecule has 27 heavy (non-hydrogen) atoms. The minimum Gasteiger partial charge on any atom is -0.342 e. The maximum absolute atomic E-state index is 13.0. The van der Waals surface area contributed by atoms with Crippen LogP contribution in [0.1, 0.15) is 24.0 Å². The molecule has 0 saturated carbocycles. The molecule has 3 heterocycles. The van der Waals surface area contributed by atoms with Crippen molar-refractivity contribution in [1.29, 1.82) is 0 Å². The Morgan fingerprint density at radius 2 is 1.96 bits per heavy atom. The van der Waals surface area contributed by atoms with Crippen molar-refractivity contribution in [2.75, 3.05) is 18.8 Å². The van der Waals surface area contributed by atoms with E-state index in [1.807, 2.05) is 11.0 Å². The molecular weight excluding hydrogens is 358 g/mol. The lowest BCUT2D eigenvalue weighted by Crippen LogP contribution is -2.46. The topological polar surface area (TPSA) is 55.2 Å². The van der Waals surface area contributed by atoms with Crippen LogP contribution in [0, 0.1) is 18.8 Å². The van der Waals surface area contributed by atoms with E-state index in [0.717, 1.165) is 37.5 Å². The average Bonchev–Trinajstić information content (AvgIpc) is 2.71. The number of likely N-dealkylation sites (tertiary alicyclic amines) is 1. The summed E-state index contributed by atoms with van der Waals surface area (Å²) in [6.07, 6.45) is 4.83. The van der Waals surface area contributed by atoms with Gasteiger partial charge in [-0.2, -0.15) is 0 Å². The summed E-state index contributed by atoms with van der Waals surface area (Å²) < 4.78 is 1.67. The molecule has 1 atom stereocenters. The monoisotopic (exact) mass is 383 g/mol. The molecule has 2 aliphatic heterocycles. The van der Waals surface area contributed by atoms with Crippen LogP contribution in [0.25, 0.3) is 0 Å². The maximum atomic E-state index is 13.0. The number of aromatic nitrogens is 2. The molecule has 0 bridgehead atoms. The molecule has 2 aliphatic rings. The summed E-state index contributed by atoms with van der Waals surface area (Å²) >= 11 is 1.52. The third kappa shape index (κ3) is 3.95. The fraction of sp³-hybridized carbons (Fsp3) is 0.476. The number of piperidine rings is 1. The number of carbonyl (C=O) groups excluding carboxylic acids is 1. The molecule has 0 radical (unpaired) electrons. The molecular formula is C21H25N3O2S. The van der Waals surface area contributed by atoms with Gasteiger partial charge in [0.05, 0.1) is 5.92 Å². The average molecular weight is 384 g/mol. The lowest BCUT2D eigenvalue weighted by molar-refractivity contribution is -0.136. The van der Waals surface area contributed by atoms with E-state index in [9.17, 15) is 9.59 Å². The largest absolute Gasteiger partial charge is 0.342 e. The molecule has 1 saturated heterocycles. The van der Waals surface area contributed by atoms with Gasteiger partial charge in [0.1, 0.15) is 0 Å². The van der Waals surface area contributed by atoms with Gasteiger partial charge in [0.25, 0.3) is 5.56 Å². The van der Waals surface area contributed by atoms with Gasteiger partial charge in [-0.05, 0) is 37.7 Å². The lowest BCUT2D eigenvalue weighted by atomic mass is 9.90. The van der Waals surface area contributed by atoms with Crippen molar-refractivity contribution in [2.24, 2.45) is 11.8 Å². The van der Waals surface area contributed by atoms with Crippen molar-refractivity contribution < 1.29 is 4.79 Å². The van der Waals surface area contributed by atoms with Crippen LogP contribution in [-0.4, -0.2) is 39.2 Å². The number of hydrogen-bond acceptors (Lipinski definition) is 4. The number of amides is 1. The summed E-state index contributed by atoms with van der Waals surface area (Å²) in [6.45, 7) is 3.88. The lowest BCUT2D eigenvalue weighted by Gasteiger charge is -2.35. The smallest absolute Gasteiger partial charge is 0.257 e. The van der Waals surface area contributed by atoms with Crippen LogP contribution in [0.5, 0.6) is 0 Å². The minimum absolute atomic E-state index is 0.0217. The summed E-state index contributed by atoms with van der Waals surface area (Å²) in [5, 5.41) is 0.733. The molecule has 5 nitrogen and oxygen atoms in total. The Morgan fingerprint density at radius 1 is 1.22 bits per heavy atom. The van der Waals surface area contributed by atoms with E-state index in [0.29, 0.717) is 23.8 Å². The van der Waals surface area contributed by atoms with E-state index >= 15 is 0 Å². The maximum Gasteiger partial charge on any atom is 0.257 e. The first-order chi connectivity index (χ1) is 13.1. The normalized spacial score (nSPS) is 20.3. The Balaban J connectivity index is 1.36. The van der Waals surface area contributed by atoms with Gasteiger partial charge in [0, 0.05) is 37.1 Å². The highest BCUT2D eigenvalue weighted by molar-refractivity contribution is 7.99. The first kappa shape index (κ1) is 18.3. The fourth-order valence-corrected chi connectivity index (χ4v) is 5.05. The molecule has 4 rings (SSSR count). The number of rotatable bonds is 3. The van der Waals surface area contributed by atoms with Crippen LogP contribution in [0.3, 0.4) is 0 Å². The predicted octanol–water partition coefficient (Wildman–Crippen LogP) is 2.75. The second-order valence-corrected chi connectivity index (χ2v) is 8.59. The van der Waals surface area contributed by atoms with Gasteiger partial charge in [0.2, 0.25) is 5.91 Å². The zero-order valence-corrected chi connectivity index (χ0v) is 16.5. The third-order valence-electron chi connectivity index (χ3n) is 5.64. The van der Waals surface area contributed by atoms with E-state index < -0.39 is 0 Å². The second-order valence-electron chi connectivity index (χ2n) is 7.61. The van der Waals surface area contributed by atoms with Crippen molar-refractivity contribution in [3.63, 3.8) is 0 Å². The summed E-state index contributed by atoms with van der Waals surface area (Å²) in [5.74, 6) is 1.42. The standard InChI is InChI=1S/C21H25N3O2S/c1-15-12-22-21-24(19(15)25)13-18(14-27-21)20(26)23-9-7-17(8-10-23)11-16-5-3-2-4-6-16/h2-6,12,17-18H,7-11,13-14H2,1H3. The number of aryl methyl sites for hydroxylation is 1. The first-order valence-electron chi connectivity index (χ1n) is 9.64. The van der Waals surface area contributed by atoms with Crippen LogP contribution in [0.4, 0.5) is 0 Å². The van der Waals surface area contributed by atoms with E-state index in [4.69, 9.17) is 0 Å². The van der Waals surface area contributed by atoms with Gasteiger partial charge in [0.15, 0.2) is 5.16 Å². The summed E-state index contributed by atoms with van der Waals surface area (Å²) in [7, 11) is 0. The number of nitrogens with zero attached hydrogens (tertiary/aromatic N) is 3. The van der Waals surface area contributed by atoms with E-state index in [1.165, 1.54) is 17.3 Å². The fourth-order valence-electron chi connectivity index (χ4n) is 4.01. The predicted molar refractivity (Wildman–Crippen MR) is 107 cm³/mol. The Kier molecular flexibility index (Phi) is 5.34. The molecule has 0 aliphatic carbocycles. The molecule has 1 fully saturated rings. The molecule has 1 amide bonds. The molecule has 6 heteroatoms. The van der Waals surface area contributed by atoms with Crippen LogP contribution in [-0.2, 0) is 17.8 Å². The number of carbonyl (C=O) groups is 1. The van der Waals surface area contributed by atoms with Gasteiger partial charge in [-0.3, -0.25) is 14.2 Å². The number of thioether (sulfide) groups is 1. The highest BCUT2D eigenvalue weighted by Crippen LogP contribution is 2.28. The second kappa shape index (κ2) is 7.89. The zero-order chi connectivity index (χ0) is 18.8. The molecule has 2 aromatic rings. The van der Waals surface area contributed by atoms with Crippen molar-refractivity contribution in [1.82, 2.24) is 14.5 Å². The summed E-state index contributed by atoms with van der Waals surface area (Å²) in [5.41, 5.74) is 1.99. The van der Waals surface area contributed by atoms with Crippen molar-refractivity contribution in [2.45, 2.75) is 37.9 Å². The van der Waals surface area contributed by atoms with Gasteiger partial charge < -0.3 is 4.90 Å². The van der Waals surface area contributed by atoms with Crippen LogP contribution < -0.4 is 5.56 Å². The van der Waals surface area contributed by atoms with E-state index in [1.54, 1.807) is 17.7 Å². The molecule has 1 aromatic heterocycles. The quantitative estimate of drug-likeness (QED) is 0.765. The summed E-state index contributed by atoms with van der Waals surface area (Å²) in [6, 6.07) is 10.6. The molecule has 0 N–H and O–H groups in total. The van der Waals surface area contributed by atoms with E-state index in [2.05, 4.69) is 29.2 Å². The zero-order valence-electron chi connectivity index (χ0n) is 15.6. The van der Waals surface area contributed by atoms with Gasteiger partial charge in [-0.15, -0.1) is 0 Å². The number of hydrogen-bond donors (Lipinski definition) is 0. The number of fused-ring (bicyclic) bond motifs is 1. The molecule has 1 unspecified atom stereocenters. The Labute approximate surface area is 163 Å². The van der Waals surface area contributed by atoms with Crippen molar-refractivity contribution in [3.8, 4) is 0 Å². The highest BCUT2D eigenvalue weighted by Gasteiger charge is 2.32. The van der Waals surface area contributed by atoms with Gasteiger partial charge in [-0.1, -0.05) is 42.1 Å². The van der Waals surface area contributed by atoms with Gasteiger partial charge >= 0.3 is 0 Å². The molecule has 142 valence electrons.